The Morgan fingerprint density at radius 2 is 2.26 bits per heavy atom. The van der Waals surface area contributed by atoms with Gasteiger partial charge >= 0.3 is 0 Å². The molecule has 0 radical (unpaired) electrons. The first kappa shape index (κ1) is 17.8. The summed E-state index contributed by atoms with van der Waals surface area (Å²) >= 11 is 0. The van der Waals surface area contributed by atoms with Gasteiger partial charge in [-0.05, 0) is 25.3 Å². The first-order chi connectivity index (χ1) is 11.0. The molecule has 1 N–H and O–H groups in total. The normalized spacial score (nSPS) is 18.1. The van der Waals surface area contributed by atoms with Crippen LogP contribution in [0.15, 0.2) is 6.20 Å². The third-order valence-corrected chi connectivity index (χ3v) is 4.06. The third-order valence-electron chi connectivity index (χ3n) is 4.06. The van der Waals surface area contributed by atoms with Crippen LogP contribution in [0, 0.1) is 5.92 Å². The van der Waals surface area contributed by atoms with Gasteiger partial charge in [0.2, 0.25) is 0 Å². The van der Waals surface area contributed by atoms with Crippen LogP contribution in [0.1, 0.15) is 56.1 Å². The topological polar surface area (TPSA) is 50.2 Å². The van der Waals surface area contributed by atoms with E-state index in [1.807, 2.05) is 20.8 Å². The molecule has 23 heavy (non-hydrogen) atoms. The zero-order valence-electron chi connectivity index (χ0n) is 14.1. The summed E-state index contributed by atoms with van der Waals surface area (Å²) in [5.74, 6) is -0.146. The van der Waals surface area contributed by atoms with Gasteiger partial charge in [0.25, 0.3) is 12.3 Å². The number of aromatic nitrogens is 2. The highest BCUT2D eigenvalue weighted by Crippen LogP contribution is 2.26. The molecule has 0 aromatic carbocycles. The fourth-order valence-electron chi connectivity index (χ4n) is 3.03. The summed E-state index contributed by atoms with van der Waals surface area (Å²) in [6.07, 6.45) is 0.250. The van der Waals surface area contributed by atoms with Crippen LogP contribution < -0.4 is 5.32 Å². The van der Waals surface area contributed by atoms with Gasteiger partial charge in [0.1, 0.15) is 5.69 Å². The van der Waals surface area contributed by atoms with E-state index < -0.39 is 6.43 Å². The lowest BCUT2D eigenvalue weighted by Gasteiger charge is -2.28. The predicted molar refractivity (Wildman–Crippen MR) is 84.6 cm³/mol. The van der Waals surface area contributed by atoms with Crippen molar-refractivity contribution in [1.29, 1.82) is 0 Å². The van der Waals surface area contributed by atoms with E-state index in [0.717, 1.165) is 25.9 Å². The van der Waals surface area contributed by atoms with Gasteiger partial charge in [-0.3, -0.25) is 9.48 Å². The first-order valence-electron chi connectivity index (χ1n) is 8.31. The molecule has 0 bridgehead atoms. The standard InChI is InChI=1S/C16H26F2N4O/c1-4-7-21(12-5-6-19-8-12)16(23)13-9-20-22(10-11(2)3)14(13)15(17)18/h9,11-12,15,19H,4-8,10H2,1-3H3. The van der Waals surface area contributed by atoms with Crippen LogP contribution in [0.4, 0.5) is 8.78 Å². The molecule has 1 aromatic heterocycles. The van der Waals surface area contributed by atoms with Crippen LogP contribution in [-0.2, 0) is 6.54 Å². The smallest absolute Gasteiger partial charge is 0.280 e. The summed E-state index contributed by atoms with van der Waals surface area (Å²) in [6.45, 7) is 8.38. The van der Waals surface area contributed by atoms with E-state index in [9.17, 15) is 13.6 Å². The number of hydrogen-bond donors (Lipinski definition) is 1. The first-order valence-corrected chi connectivity index (χ1v) is 8.31. The molecule has 7 heteroatoms. The van der Waals surface area contributed by atoms with E-state index in [1.54, 1.807) is 4.90 Å². The molecule has 2 heterocycles. The Morgan fingerprint density at radius 1 is 1.52 bits per heavy atom. The van der Waals surface area contributed by atoms with Crippen molar-refractivity contribution in [3.8, 4) is 0 Å². The van der Waals surface area contributed by atoms with E-state index in [0.29, 0.717) is 13.1 Å². The number of nitrogens with one attached hydrogen (secondary N) is 1. The quantitative estimate of drug-likeness (QED) is 0.837. The van der Waals surface area contributed by atoms with Crippen molar-refractivity contribution in [2.45, 2.75) is 52.6 Å². The molecule has 1 aliphatic heterocycles. The van der Waals surface area contributed by atoms with Crippen LogP contribution >= 0.6 is 0 Å². The van der Waals surface area contributed by atoms with Crippen molar-refractivity contribution in [1.82, 2.24) is 20.0 Å². The second kappa shape index (κ2) is 7.86. The minimum atomic E-state index is -2.71. The zero-order valence-corrected chi connectivity index (χ0v) is 14.1. The van der Waals surface area contributed by atoms with Crippen molar-refractivity contribution in [2.75, 3.05) is 19.6 Å². The summed E-state index contributed by atoms with van der Waals surface area (Å²) in [5.41, 5.74) is -0.211. The van der Waals surface area contributed by atoms with E-state index >= 15 is 0 Å². The second-order valence-corrected chi connectivity index (χ2v) is 6.47. The lowest BCUT2D eigenvalue weighted by atomic mass is 10.1. The van der Waals surface area contributed by atoms with Crippen molar-refractivity contribution in [3.63, 3.8) is 0 Å². The molecular weight excluding hydrogens is 302 g/mol. The highest BCUT2D eigenvalue weighted by atomic mass is 19.3. The minimum Gasteiger partial charge on any atom is -0.334 e. The summed E-state index contributed by atoms with van der Waals surface area (Å²) in [5, 5.41) is 7.26. The summed E-state index contributed by atoms with van der Waals surface area (Å²) < 4.78 is 28.3. The maximum Gasteiger partial charge on any atom is 0.280 e. The molecule has 1 aromatic rings. The van der Waals surface area contributed by atoms with Gasteiger partial charge in [-0.25, -0.2) is 8.78 Å². The number of hydrogen-bond acceptors (Lipinski definition) is 3. The Balaban J connectivity index is 2.30. The molecule has 0 spiro atoms. The van der Waals surface area contributed by atoms with E-state index in [-0.39, 0.29) is 29.1 Å². The summed E-state index contributed by atoms with van der Waals surface area (Å²) in [6, 6.07) is 0.0708. The van der Waals surface area contributed by atoms with E-state index in [1.165, 1.54) is 10.9 Å². The number of nitrogens with zero attached hydrogens (tertiary/aromatic N) is 3. The third kappa shape index (κ3) is 4.07. The second-order valence-electron chi connectivity index (χ2n) is 6.47. The van der Waals surface area contributed by atoms with Crippen LogP contribution in [0.3, 0.4) is 0 Å². The minimum absolute atomic E-state index is 0.0426. The largest absolute Gasteiger partial charge is 0.334 e. The Bertz CT molecular complexity index is 524. The molecule has 1 aliphatic rings. The van der Waals surface area contributed by atoms with Crippen LogP contribution in [0.5, 0.6) is 0 Å². The Morgan fingerprint density at radius 3 is 2.78 bits per heavy atom. The Labute approximate surface area is 136 Å². The molecule has 5 nitrogen and oxygen atoms in total. The molecule has 0 saturated carbocycles. The van der Waals surface area contributed by atoms with Gasteiger partial charge in [-0.15, -0.1) is 0 Å². The number of alkyl halides is 2. The van der Waals surface area contributed by atoms with Gasteiger partial charge in [-0.1, -0.05) is 20.8 Å². The fraction of sp³-hybridized carbons (Fsp3) is 0.750. The zero-order chi connectivity index (χ0) is 17.0. The number of carbonyl (C=O) groups excluding carboxylic acids is 1. The highest BCUT2D eigenvalue weighted by Gasteiger charge is 2.32. The van der Waals surface area contributed by atoms with Crippen LogP contribution in [0.2, 0.25) is 0 Å². The average molecular weight is 328 g/mol. The number of rotatable bonds is 7. The lowest BCUT2D eigenvalue weighted by molar-refractivity contribution is 0.0678. The molecule has 1 amide bonds. The molecule has 1 atom stereocenters. The number of carbonyl (C=O) groups is 1. The SMILES string of the molecule is CCCN(C(=O)c1cnn(CC(C)C)c1C(F)F)C1CCNC1. The van der Waals surface area contributed by atoms with Gasteiger partial charge in [0, 0.05) is 25.7 Å². The molecule has 130 valence electrons. The van der Waals surface area contributed by atoms with Gasteiger partial charge in [0.05, 0.1) is 11.8 Å². The van der Waals surface area contributed by atoms with Gasteiger partial charge in [-0.2, -0.15) is 5.10 Å². The average Bonchev–Trinajstić information content (AvgIpc) is 3.12. The van der Waals surface area contributed by atoms with Crippen molar-refractivity contribution < 1.29 is 13.6 Å². The molecule has 2 rings (SSSR count). The van der Waals surface area contributed by atoms with E-state index in [4.69, 9.17) is 0 Å². The molecule has 1 saturated heterocycles. The molecule has 1 unspecified atom stereocenters. The fourth-order valence-corrected chi connectivity index (χ4v) is 3.03. The molecule has 1 fully saturated rings. The molecule has 0 aliphatic carbocycles. The Kier molecular flexibility index (Phi) is 6.10. The van der Waals surface area contributed by atoms with Gasteiger partial charge in [0.15, 0.2) is 0 Å². The van der Waals surface area contributed by atoms with Crippen molar-refractivity contribution in [2.24, 2.45) is 5.92 Å². The van der Waals surface area contributed by atoms with Crippen LogP contribution in [0.25, 0.3) is 0 Å². The number of halogens is 2. The maximum atomic E-state index is 13.5. The van der Waals surface area contributed by atoms with Crippen molar-refractivity contribution >= 4 is 5.91 Å². The predicted octanol–water partition coefficient (Wildman–Crippen LogP) is 2.69. The van der Waals surface area contributed by atoms with Crippen LogP contribution in [-0.4, -0.2) is 46.3 Å². The monoisotopic (exact) mass is 328 g/mol. The maximum absolute atomic E-state index is 13.5. The highest BCUT2D eigenvalue weighted by molar-refractivity contribution is 5.95. The number of amides is 1. The summed E-state index contributed by atoms with van der Waals surface area (Å²) in [4.78, 5) is 14.6. The van der Waals surface area contributed by atoms with Crippen molar-refractivity contribution in [3.05, 3.63) is 17.5 Å². The Hall–Kier alpha value is -1.50. The summed E-state index contributed by atoms with van der Waals surface area (Å²) in [7, 11) is 0. The van der Waals surface area contributed by atoms with Gasteiger partial charge < -0.3 is 10.2 Å². The lowest BCUT2D eigenvalue weighted by Crippen LogP contribution is -2.42. The van der Waals surface area contributed by atoms with E-state index in [2.05, 4.69) is 10.4 Å². The molecular formula is C16H26F2N4O.